The first-order valence-electron chi connectivity index (χ1n) is 9.91. The Bertz CT molecular complexity index is 932. The number of amides is 1. The lowest BCUT2D eigenvalue weighted by molar-refractivity contribution is 0.0877. The van der Waals surface area contributed by atoms with Gasteiger partial charge in [-0.1, -0.05) is 30.3 Å². The van der Waals surface area contributed by atoms with Crippen LogP contribution in [0.3, 0.4) is 0 Å². The van der Waals surface area contributed by atoms with Gasteiger partial charge < -0.3 is 5.32 Å². The van der Waals surface area contributed by atoms with Crippen LogP contribution >= 0.6 is 11.3 Å². The Morgan fingerprint density at radius 3 is 2.86 bits per heavy atom. The molecule has 1 amide bonds. The number of likely N-dealkylation sites (tertiary alicyclic amines) is 1. The number of carbonyl (C=O) groups excluding carboxylic acids is 1. The number of hydrogen-bond donors (Lipinski definition) is 1. The SMILES string of the molecule is O=C(N[C@@H](c1nccs1)[C@@H]1CCCN(Cc2cccc(F)c2)C1)c1ccccc1. The Labute approximate surface area is 174 Å². The van der Waals surface area contributed by atoms with Gasteiger partial charge in [0, 0.05) is 30.2 Å². The topological polar surface area (TPSA) is 45.2 Å². The average molecular weight is 410 g/mol. The molecular weight excluding hydrogens is 385 g/mol. The van der Waals surface area contributed by atoms with Crippen molar-refractivity contribution >= 4 is 17.2 Å². The zero-order valence-corrected chi connectivity index (χ0v) is 16.9. The minimum absolute atomic E-state index is 0.0759. The molecule has 0 saturated carbocycles. The molecule has 150 valence electrons. The molecule has 1 aliphatic heterocycles. The molecule has 0 aliphatic carbocycles. The van der Waals surface area contributed by atoms with Gasteiger partial charge >= 0.3 is 0 Å². The van der Waals surface area contributed by atoms with E-state index in [9.17, 15) is 9.18 Å². The van der Waals surface area contributed by atoms with E-state index in [2.05, 4.69) is 15.2 Å². The summed E-state index contributed by atoms with van der Waals surface area (Å²) in [5.41, 5.74) is 1.63. The number of halogens is 1. The molecule has 2 atom stereocenters. The summed E-state index contributed by atoms with van der Waals surface area (Å²) in [5.74, 6) is -0.0176. The molecule has 29 heavy (non-hydrogen) atoms. The van der Waals surface area contributed by atoms with Gasteiger partial charge in [0.15, 0.2) is 0 Å². The quantitative estimate of drug-likeness (QED) is 0.644. The third-order valence-electron chi connectivity index (χ3n) is 5.35. The summed E-state index contributed by atoms with van der Waals surface area (Å²) in [7, 11) is 0. The monoisotopic (exact) mass is 409 g/mol. The first-order valence-corrected chi connectivity index (χ1v) is 10.8. The van der Waals surface area contributed by atoms with Gasteiger partial charge in [-0.25, -0.2) is 9.37 Å². The molecule has 2 aromatic carbocycles. The van der Waals surface area contributed by atoms with E-state index in [1.165, 1.54) is 6.07 Å². The molecule has 1 aromatic heterocycles. The molecule has 1 saturated heterocycles. The summed E-state index contributed by atoms with van der Waals surface area (Å²) >= 11 is 1.58. The van der Waals surface area contributed by atoms with Crippen LogP contribution in [-0.2, 0) is 6.54 Å². The zero-order valence-electron chi connectivity index (χ0n) is 16.1. The van der Waals surface area contributed by atoms with Crippen molar-refractivity contribution in [2.45, 2.75) is 25.4 Å². The third kappa shape index (κ3) is 5.08. The molecule has 3 aromatic rings. The minimum Gasteiger partial charge on any atom is -0.342 e. The maximum Gasteiger partial charge on any atom is 0.251 e. The summed E-state index contributed by atoms with van der Waals surface area (Å²) < 4.78 is 13.5. The molecular formula is C23H24FN3OS. The Kier molecular flexibility index (Phi) is 6.32. The maximum absolute atomic E-state index is 13.5. The van der Waals surface area contributed by atoms with Gasteiger partial charge in [-0.15, -0.1) is 11.3 Å². The highest BCUT2D eigenvalue weighted by atomic mass is 32.1. The molecule has 1 aliphatic rings. The van der Waals surface area contributed by atoms with Gasteiger partial charge in [-0.3, -0.25) is 9.69 Å². The number of thiazole rings is 1. The van der Waals surface area contributed by atoms with Crippen LogP contribution in [0.25, 0.3) is 0 Å². The van der Waals surface area contributed by atoms with E-state index < -0.39 is 0 Å². The van der Waals surface area contributed by atoms with Crippen molar-refractivity contribution in [3.63, 3.8) is 0 Å². The van der Waals surface area contributed by atoms with Gasteiger partial charge in [-0.2, -0.15) is 0 Å². The lowest BCUT2D eigenvalue weighted by atomic mass is 9.90. The molecule has 0 bridgehead atoms. The average Bonchev–Trinajstić information content (AvgIpc) is 3.27. The van der Waals surface area contributed by atoms with Gasteiger partial charge in [0.2, 0.25) is 0 Å². The highest BCUT2D eigenvalue weighted by molar-refractivity contribution is 7.09. The summed E-state index contributed by atoms with van der Waals surface area (Å²) in [6.07, 6.45) is 3.86. The van der Waals surface area contributed by atoms with Crippen LogP contribution in [-0.4, -0.2) is 28.9 Å². The molecule has 0 unspecified atom stereocenters. The number of benzene rings is 2. The molecule has 4 rings (SSSR count). The van der Waals surface area contributed by atoms with Crippen LogP contribution in [0.5, 0.6) is 0 Å². The smallest absolute Gasteiger partial charge is 0.251 e. The van der Waals surface area contributed by atoms with Crippen molar-refractivity contribution in [2.24, 2.45) is 5.92 Å². The number of carbonyl (C=O) groups is 1. The number of aromatic nitrogens is 1. The van der Waals surface area contributed by atoms with Crippen LogP contribution in [0.15, 0.2) is 66.2 Å². The first-order chi connectivity index (χ1) is 14.2. The maximum atomic E-state index is 13.5. The molecule has 2 heterocycles. The number of rotatable bonds is 6. The second kappa shape index (κ2) is 9.29. The third-order valence-corrected chi connectivity index (χ3v) is 6.21. The fourth-order valence-electron chi connectivity index (χ4n) is 3.98. The van der Waals surface area contributed by atoms with E-state index >= 15 is 0 Å². The van der Waals surface area contributed by atoms with Crippen molar-refractivity contribution < 1.29 is 9.18 Å². The predicted octanol–water partition coefficient (Wildman–Crippen LogP) is 4.67. The number of nitrogens with one attached hydrogen (secondary N) is 1. The largest absolute Gasteiger partial charge is 0.342 e. The highest BCUT2D eigenvalue weighted by Crippen LogP contribution is 2.32. The summed E-state index contributed by atoms with van der Waals surface area (Å²) in [5, 5.41) is 6.11. The van der Waals surface area contributed by atoms with Crippen molar-refractivity contribution in [3.8, 4) is 0 Å². The van der Waals surface area contributed by atoms with Crippen LogP contribution < -0.4 is 5.32 Å². The van der Waals surface area contributed by atoms with E-state index in [1.807, 2.05) is 41.8 Å². The summed E-state index contributed by atoms with van der Waals surface area (Å²) in [4.78, 5) is 19.7. The van der Waals surface area contributed by atoms with Crippen molar-refractivity contribution in [3.05, 3.63) is 88.1 Å². The second-order valence-corrected chi connectivity index (χ2v) is 8.38. The van der Waals surface area contributed by atoms with Crippen molar-refractivity contribution in [2.75, 3.05) is 13.1 Å². The number of piperidine rings is 1. The number of nitrogens with zero attached hydrogens (tertiary/aromatic N) is 2. The van der Waals surface area contributed by atoms with Crippen LogP contribution in [0.1, 0.15) is 39.8 Å². The zero-order chi connectivity index (χ0) is 20.1. The first kappa shape index (κ1) is 19.7. The lowest BCUT2D eigenvalue weighted by Crippen LogP contribution is -2.42. The molecule has 0 radical (unpaired) electrons. The van der Waals surface area contributed by atoms with E-state index in [1.54, 1.807) is 29.7 Å². The van der Waals surface area contributed by atoms with Gasteiger partial charge in [0.05, 0.1) is 6.04 Å². The van der Waals surface area contributed by atoms with E-state index in [0.29, 0.717) is 12.1 Å². The molecule has 6 heteroatoms. The predicted molar refractivity (Wildman–Crippen MR) is 113 cm³/mol. The second-order valence-electron chi connectivity index (χ2n) is 7.45. The van der Waals surface area contributed by atoms with E-state index in [-0.39, 0.29) is 23.7 Å². The molecule has 1 fully saturated rings. The normalized spacial score (nSPS) is 18.3. The van der Waals surface area contributed by atoms with Gasteiger partial charge in [0.25, 0.3) is 5.91 Å². The standard InChI is InChI=1S/C23H24FN3OS/c24-20-10-4-6-17(14-20)15-27-12-5-9-19(16-27)21(23-25-11-13-29-23)26-22(28)18-7-2-1-3-8-18/h1-4,6-8,10-11,13-14,19,21H,5,9,12,15-16H2,(H,26,28)/t19-,21-/m1/s1. The van der Waals surface area contributed by atoms with Crippen LogP contribution in [0.4, 0.5) is 4.39 Å². The Morgan fingerprint density at radius 1 is 1.24 bits per heavy atom. The minimum atomic E-state index is -0.202. The molecule has 1 N–H and O–H groups in total. The van der Waals surface area contributed by atoms with E-state index in [0.717, 1.165) is 36.5 Å². The van der Waals surface area contributed by atoms with Gasteiger partial charge in [-0.05, 0) is 55.1 Å². The summed E-state index contributed by atoms with van der Waals surface area (Å²) in [6.45, 7) is 2.53. The molecule has 4 nitrogen and oxygen atoms in total. The molecule has 0 spiro atoms. The fourth-order valence-corrected chi connectivity index (χ4v) is 4.76. The Balaban J connectivity index is 1.49. The van der Waals surface area contributed by atoms with Crippen LogP contribution in [0.2, 0.25) is 0 Å². The lowest BCUT2D eigenvalue weighted by Gasteiger charge is -2.36. The van der Waals surface area contributed by atoms with Gasteiger partial charge in [0.1, 0.15) is 10.8 Å². The van der Waals surface area contributed by atoms with Crippen molar-refractivity contribution in [1.29, 1.82) is 0 Å². The highest BCUT2D eigenvalue weighted by Gasteiger charge is 2.31. The van der Waals surface area contributed by atoms with Crippen molar-refractivity contribution in [1.82, 2.24) is 15.2 Å². The number of hydrogen-bond acceptors (Lipinski definition) is 4. The summed E-state index contributed by atoms with van der Waals surface area (Å²) in [6, 6.07) is 15.9. The Hall–Kier alpha value is -2.57. The van der Waals surface area contributed by atoms with Crippen LogP contribution in [0, 0.1) is 11.7 Å². The Morgan fingerprint density at radius 2 is 2.10 bits per heavy atom. The fraction of sp³-hybridized carbons (Fsp3) is 0.304. The van der Waals surface area contributed by atoms with E-state index in [4.69, 9.17) is 0 Å².